The minimum absolute atomic E-state index is 0.0532. The van der Waals surface area contributed by atoms with Gasteiger partial charge in [-0.25, -0.2) is 15.0 Å². The van der Waals surface area contributed by atoms with Gasteiger partial charge in [-0.1, -0.05) is 0 Å². The molecule has 0 spiro atoms. The van der Waals surface area contributed by atoms with Crippen LogP contribution in [0, 0.1) is 0 Å². The standard InChI is InChI=1S/C10H16N5O6PSi/c11-8-7-9(13-3-12-8)15(4-14-7)6-1-10(17,5(2-16)20-6)22(18,19)21-23/h3-6,16-17H,1-2H2,23H3,(H,18,19)(H2,11,12,13)/t5-,6-,10-/m1/s1. The first-order valence-electron chi connectivity index (χ1n) is 6.64. The van der Waals surface area contributed by atoms with Crippen molar-refractivity contribution in [2.45, 2.75) is 24.1 Å². The summed E-state index contributed by atoms with van der Waals surface area (Å²) in [4.78, 5) is 21.9. The van der Waals surface area contributed by atoms with Gasteiger partial charge in [0.2, 0.25) is 0 Å². The number of aliphatic hydroxyl groups excluding tert-OH is 1. The van der Waals surface area contributed by atoms with Crippen LogP contribution in [0.5, 0.6) is 0 Å². The molecule has 13 heteroatoms. The molecule has 0 amide bonds. The van der Waals surface area contributed by atoms with Crippen molar-refractivity contribution in [3.8, 4) is 0 Å². The van der Waals surface area contributed by atoms with E-state index in [-0.39, 0.29) is 22.7 Å². The van der Waals surface area contributed by atoms with Crippen LogP contribution >= 0.6 is 7.60 Å². The van der Waals surface area contributed by atoms with Gasteiger partial charge >= 0.3 is 7.60 Å². The largest absolute Gasteiger partial charge is 0.394 e. The van der Waals surface area contributed by atoms with E-state index in [2.05, 4.69) is 19.2 Å². The third-order valence-corrected chi connectivity index (χ3v) is 7.34. The zero-order valence-electron chi connectivity index (χ0n) is 12.1. The summed E-state index contributed by atoms with van der Waals surface area (Å²) in [6.45, 7) is -0.647. The molecule has 11 nitrogen and oxygen atoms in total. The highest BCUT2D eigenvalue weighted by Crippen LogP contribution is 2.61. The summed E-state index contributed by atoms with van der Waals surface area (Å²) in [7, 11) is -4.43. The van der Waals surface area contributed by atoms with Crippen LogP contribution in [0.15, 0.2) is 12.7 Å². The van der Waals surface area contributed by atoms with E-state index in [0.717, 1.165) is 0 Å². The van der Waals surface area contributed by atoms with Gasteiger partial charge in [-0.3, -0.25) is 9.13 Å². The Labute approximate surface area is 133 Å². The summed E-state index contributed by atoms with van der Waals surface area (Å²) in [6.07, 6.45) is 0.203. The summed E-state index contributed by atoms with van der Waals surface area (Å²) >= 11 is 0. The molecule has 126 valence electrons. The highest BCUT2D eigenvalue weighted by Gasteiger charge is 2.60. The van der Waals surface area contributed by atoms with Crippen molar-refractivity contribution >= 4 is 35.1 Å². The van der Waals surface area contributed by atoms with Crippen LogP contribution in [0.25, 0.3) is 11.2 Å². The smallest absolute Gasteiger partial charge is 0.351 e. The van der Waals surface area contributed by atoms with Crippen LogP contribution in [0.3, 0.4) is 0 Å². The normalized spacial score (nSPS) is 30.7. The van der Waals surface area contributed by atoms with Gasteiger partial charge in [-0.15, -0.1) is 0 Å². The number of hydrogen-bond donors (Lipinski definition) is 4. The highest BCUT2D eigenvalue weighted by molar-refractivity contribution is 7.55. The van der Waals surface area contributed by atoms with Crippen LogP contribution in [0.1, 0.15) is 12.6 Å². The Morgan fingerprint density at radius 2 is 2.30 bits per heavy atom. The van der Waals surface area contributed by atoms with Crippen molar-refractivity contribution in [2.75, 3.05) is 12.3 Å². The Morgan fingerprint density at radius 3 is 2.96 bits per heavy atom. The Kier molecular flexibility index (Phi) is 4.00. The molecule has 0 bridgehead atoms. The molecular weight excluding hydrogens is 345 g/mol. The van der Waals surface area contributed by atoms with E-state index < -0.39 is 31.9 Å². The first-order chi connectivity index (χ1) is 10.8. The number of nitrogens with two attached hydrogens (primary N) is 1. The van der Waals surface area contributed by atoms with Gasteiger partial charge in [-0.2, -0.15) is 0 Å². The van der Waals surface area contributed by atoms with Gasteiger partial charge in [0, 0.05) is 6.42 Å². The molecule has 3 rings (SSSR count). The molecule has 23 heavy (non-hydrogen) atoms. The summed E-state index contributed by atoms with van der Waals surface area (Å²) < 4.78 is 23.8. The van der Waals surface area contributed by atoms with Gasteiger partial charge in [0.1, 0.15) is 24.2 Å². The minimum atomic E-state index is -4.37. The van der Waals surface area contributed by atoms with E-state index >= 15 is 0 Å². The highest BCUT2D eigenvalue weighted by atomic mass is 31.2. The number of imidazole rings is 1. The Morgan fingerprint density at radius 1 is 1.57 bits per heavy atom. The minimum Gasteiger partial charge on any atom is -0.394 e. The fraction of sp³-hybridized carbons (Fsp3) is 0.500. The van der Waals surface area contributed by atoms with Gasteiger partial charge in [0.25, 0.3) is 0 Å². The Hall–Kier alpha value is -1.40. The molecule has 2 aromatic rings. The summed E-state index contributed by atoms with van der Waals surface area (Å²) in [5, 5.41) is 17.8. The number of ether oxygens (including phenoxy) is 1. The maximum Gasteiger partial charge on any atom is 0.351 e. The second kappa shape index (κ2) is 5.60. The van der Waals surface area contributed by atoms with Crippen molar-refractivity contribution in [2.24, 2.45) is 0 Å². The molecule has 1 unspecified atom stereocenters. The van der Waals surface area contributed by atoms with E-state index in [1.807, 2.05) is 0 Å². The summed E-state index contributed by atoms with van der Waals surface area (Å²) in [6, 6.07) is 0. The third kappa shape index (κ3) is 2.39. The number of fused-ring (bicyclic) bond motifs is 1. The molecule has 0 aliphatic carbocycles. The number of rotatable bonds is 4. The molecule has 0 radical (unpaired) electrons. The maximum atomic E-state index is 12.2. The number of nitrogens with zero attached hydrogens (tertiary/aromatic N) is 4. The first-order valence-corrected chi connectivity index (χ1v) is 9.04. The van der Waals surface area contributed by atoms with Crippen LogP contribution < -0.4 is 5.73 Å². The Bertz CT molecular complexity index is 788. The number of hydrogen-bond acceptors (Lipinski definition) is 9. The van der Waals surface area contributed by atoms with Crippen LogP contribution in [-0.4, -0.2) is 63.2 Å². The molecular formula is C10H16N5O6PSi. The van der Waals surface area contributed by atoms with E-state index in [4.69, 9.17) is 10.5 Å². The Balaban J connectivity index is 2.02. The van der Waals surface area contributed by atoms with Crippen molar-refractivity contribution in [3.05, 3.63) is 12.7 Å². The zero-order chi connectivity index (χ0) is 16.8. The third-order valence-electron chi connectivity index (χ3n) is 3.91. The second-order valence-corrected chi connectivity index (χ2v) is 8.41. The SMILES string of the molecule is Nc1ncnc2c1ncn2[C@H]1C[C@@](O)(P(=O)(O)O[SiH3])[C@@H](CO)O1. The molecule has 1 saturated heterocycles. The average molecular weight is 361 g/mol. The second-order valence-electron chi connectivity index (χ2n) is 5.13. The van der Waals surface area contributed by atoms with Gasteiger partial charge in [-0.05, 0) is 0 Å². The van der Waals surface area contributed by atoms with Gasteiger partial charge in [0.15, 0.2) is 27.3 Å². The fourth-order valence-corrected chi connectivity index (χ4v) is 4.78. The lowest BCUT2D eigenvalue weighted by atomic mass is 10.2. The number of nitrogen functional groups attached to an aromatic ring is 1. The van der Waals surface area contributed by atoms with Crippen molar-refractivity contribution < 1.29 is 28.6 Å². The molecule has 1 aliphatic heterocycles. The zero-order valence-corrected chi connectivity index (χ0v) is 15.0. The van der Waals surface area contributed by atoms with Crippen LogP contribution in [0.2, 0.25) is 0 Å². The summed E-state index contributed by atoms with van der Waals surface area (Å²) in [5.41, 5.74) is 6.40. The quantitative estimate of drug-likeness (QED) is 0.348. The lowest BCUT2D eigenvalue weighted by molar-refractivity contribution is -0.0589. The first kappa shape index (κ1) is 16.5. The van der Waals surface area contributed by atoms with Crippen molar-refractivity contribution in [3.63, 3.8) is 0 Å². The van der Waals surface area contributed by atoms with Crippen LogP contribution in [0.4, 0.5) is 5.82 Å². The van der Waals surface area contributed by atoms with E-state index in [0.29, 0.717) is 11.2 Å². The van der Waals surface area contributed by atoms with E-state index in [1.165, 1.54) is 17.2 Å². The number of aliphatic hydroxyl groups is 2. The summed E-state index contributed by atoms with van der Waals surface area (Å²) in [5.74, 6) is 0.177. The van der Waals surface area contributed by atoms with Gasteiger partial charge < -0.3 is 29.8 Å². The van der Waals surface area contributed by atoms with Crippen molar-refractivity contribution in [1.82, 2.24) is 19.5 Å². The maximum absolute atomic E-state index is 12.2. The van der Waals surface area contributed by atoms with E-state index in [9.17, 15) is 19.7 Å². The molecule has 5 N–H and O–H groups in total. The molecule has 4 atom stereocenters. The van der Waals surface area contributed by atoms with Crippen molar-refractivity contribution in [1.29, 1.82) is 0 Å². The number of aromatic nitrogens is 4. The average Bonchev–Trinajstić information content (AvgIpc) is 3.10. The van der Waals surface area contributed by atoms with E-state index in [1.54, 1.807) is 0 Å². The molecule has 2 aromatic heterocycles. The predicted octanol–water partition coefficient (Wildman–Crippen LogP) is -2.14. The monoisotopic (exact) mass is 361 g/mol. The molecule has 0 aromatic carbocycles. The lowest BCUT2D eigenvalue weighted by Crippen LogP contribution is -2.40. The topological polar surface area (TPSA) is 166 Å². The number of anilines is 1. The molecule has 1 aliphatic rings. The molecule has 3 heterocycles. The lowest BCUT2D eigenvalue weighted by Gasteiger charge is -2.29. The molecule has 0 saturated carbocycles. The fourth-order valence-electron chi connectivity index (χ4n) is 2.62. The van der Waals surface area contributed by atoms with Gasteiger partial charge in [0.05, 0.1) is 12.9 Å². The molecule has 1 fully saturated rings. The van der Waals surface area contributed by atoms with Crippen LogP contribution in [-0.2, 0) is 13.5 Å². The predicted molar refractivity (Wildman–Crippen MR) is 81.1 cm³/mol.